The van der Waals surface area contributed by atoms with Crippen LogP contribution in [0.1, 0.15) is 63.2 Å². The van der Waals surface area contributed by atoms with Crippen molar-refractivity contribution >= 4 is 11.6 Å². The van der Waals surface area contributed by atoms with Crippen molar-refractivity contribution in [3.63, 3.8) is 0 Å². The summed E-state index contributed by atoms with van der Waals surface area (Å²) in [4.78, 5) is 30.2. The van der Waals surface area contributed by atoms with Crippen molar-refractivity contribution in [2.45, 2.75) is 32.6 Å². The largest absolute Gasteiger partial charge is 0.501 e. The SMILES string of the molecule is Cc1nn(C)c(C)c1[C@H](c1cc(F)ccc1C#N)[C@H](C)c1nc(C(=O)Nc2cnoc2)c(O)c(=O)n1C. The molecule has 11 nitrogen and oxygen atoms in total. The zero-order valence-corrected chi connectivity index (χ0v) is 20.8. The molecule has 0 aliphatic rings. The van der Waals surface area contributed by atoms with Crippen LogP contribution < -0.4 is 10.9 Å². The lowest BCUT2D eigenvalue weighted by Crippen LogP contribution is -2.29. The standard InChI is InChI=1S/C25H24FN7O4/c1-12(23-30-21(22(34)25(36)32(23)4)24(35)29-17-10-28-37-11-17)19(20-13(2)31-33(5)14(20)3)18-8-16(26)7-6-15(18)9-27/h6-8,10-12,19,34H,1-5H3,(H,29,35)/t12-,19-/m0/s1. The van der Waals surface area contributed by atoms with Gasteiger partial charge in [-0.25, -0.2) is 9.37 Å². The molecule has 2 N–H and O–H groups in total. The zero-order valence-electron chi connectivity index (χ0n) is 20.8. The second-order valence-corrected chi connectivity index (χ2v) is 8.72. The lowest BCUT2D eigenvalue weighted by atomic mass is 9.78. The van der Waals surface area contributed by atoms with E-state index in [1.165, 1.54) is 37.7 Å². The number of aryl methyl sites for hydroxylation is 2. The predicted molar refractivity (Wildman–Crippen MR) is 130 cm³/mol. The highest BCUT2D eigenvalue weighted by Gasteiger charge is 2.34. The summed E-state index contributed by atoms with van der Waals surface area (Å²) < 4.78 is 22.0. The van der Waals surface area contributed by atoms with E-state index in [2.05, 4.69) is 26.6 Å². The molecule has 0 saturated carbocycles. The topological polar surface area (TPSA) is 152 Å². The van der Waals surface area contributed by atoms with Crippen molar-refractivity contribution in [2.24, 2.45) is 14.1 Å². The Balaban J connectivity index is 1.94. The van der Waals surface area contributed by atoms with Crippen LogP contribution >= 0.6 is 0 Å². The number of amides is 1. The highest BCUT2D eigenvalue weighted by molar-refractivity contribution is 6.04. The molecule has 2 atom stereocenters. The number of halogens is 1. The van der Waals surface area contributed by atoms with E-state index < -0.39 is 40.6 Å². The van der Waals surface area contributed by atoms with Crippen LogP contribution in [0.4, 0.5) is 10.1 Å². The summed E-state index contributed by atoms with van der Waals surface area (Å²) in [6, 6.07) is 5.99. The van der Waals surface area contributed by atoms with E-state index in [1.807, 2.05) is 6.92 Å². The van der Waals surface area contributed by atoms with Gasteiger partial charge < -0.3 is 14.9 Å². The van der Waals surface area contributed by atoms with Gasteiger partial charge in [-0.2, -0.15) is 10.4 Å². The van der Waals surface area contributed by atoms with Gasteiger partial charge in [0.2, 0.25) is 5.75 Å². The first-order valence-corrected chi connectivity index (χ1v) is 11.2. The van der Waals surface area contributed by atoms with E-state index in [-0.39, 0.29) is 17.1 Å². The first kappa shape index (κ1) is 25.3. The van der Waals surface area contributed by atoms with Gasteiger partial charge in [-0.15, -0.1) is 0 Å². The third-order valence-electron chi connectivity index (χ3n) is 6.46. The monoisotopic (exact) mass is 505 g/mol. The number of hydrogen-bond donors (Lipinski definition) is 2. The number of nitrogens with one attached hydrogen (secondary N) is 1. The smallest absolute Gasteiger partial charge is 0.296 e. The fourth-order valence-electron chi connectivity index (χ4n) is 4.59. The Bertz CT molecular complexity index is 1600. The lowest BCUT2D eigenvalue weighted by Gasteiger charge is -2.27. The molecule has 1 amide bonds. The van der Waals surface area contributed by atoms with E-state index in [9.17, 15) is 24.3 Å². The Morgan fingerprint density at radius 3 is 2.62 bits per heavy atom. The van der Waals surface area contributed by atoms with Crippen molar-refractivity contribution in [1.29, 1.82) is 5.26 Å². The van der Waals surface area contributed by atoms with Crippen LogP contribution in [0.5, 0.6) is 5.75 Å². The maximum atomic E-state index is 14.5. The normalized spacial score (nSPS) is 12.7. The molecule has 0 unspecified atom stereocenters. The van der Waals surface area contributed by atoms with Crippen molar-refractivity contribution in [3.8, 4) is 11.8 Å². The van der Waals surface area contributed by atoms with E-state index in [0.717, 1.165) is 15.8 Å². The van der Waals surface area contributed by atoms with Crippen LogP contribution in [0, 0.1) is 31.0 Å². The predicted octanol–water partition coefficient (Wildman–Crippen LogP) is 3.02. The number of aromatic hydroxyl groups is 1. The molecule has 0 radical (unpaired) electrons. The van der Waals surface area contributed by atoms with Crippen LogP contribution in [-0.2, 0) is 14.1 Å². The molecule has 0 bridgehead atoms. The Kier molecular flexibility index (Phi) is 6.63. The highest BCUT2D eigenvalue weighted by atomic mass is 19.1. The second kappa shape index (κ2) is 9.69. The Hall–Kier alpha value is -4.79. The molecule has 3 heterocycles. The maximum absolute atomic E-state index is 14.5. The Morgan fingerprint density at radius 1 is 1.30 bits per heavy atom. The average Bonchev–Trinajstić information content (AvgIpc) is 3.46. The van der Waals surface area contributed by atoms with E-state index in [4.69, 9.17) is 4.52 Å². The Labute approximate surface area is 210 Å². The number of carbonyl (C=O) groups excluding carboxylic acids is 1. The summed E-state index contributed by atoms with van der Waals surface area (Å²) >= 11 is 0. The van der Waals surface area contributed by atoms with Crippen molar-refractivity contribution in [1.82, 2.24) is 24.5 Å². The number of carbonyl (C=O) groups is 1. The second-order valence-electron chi connectivity index (χ2n) is 8.72. The molecule has 12 heteroatoms. The number of aromatic nitrogens is 5. The first-order valence-electron chi connectivity index (χ1n) is 11.2. The minimum atomic E-state index is -0.847. The number of rotatable bonds is 6. The third kappa shape index (κ3) is 4.47. The molecular weight excluding hydrogens is 481 g/mol. The van der Waals surface area contributed by atoms with Gasteiger partial charge in [0.15, 0.2) is 5.69 Å². The maximum Gasteiger partial charge on any atom is 0.296 e. The minimum absolute atomic E-state index is 0.138. The fourth-order valence-corrected chi connectivity index (χ4v) is 4.59. The van der Waals surface area contributed by atoms with Crippen LogP contribution in [0.3, 0.4) is 0 Å². The van der Waals surface area contributed by atoms with Crippen LogP contribution in [0.2, 0.25) is 0 Å². The molecule has 190 valence electrons. The number of anilines is 1. The number of nitriles is 1. The molecular formula is C25H24FN7O4. The third-order valence-corrected chi connectivity index (χ3v) is 6.46. The summed E-state index contributed by atoms with van der Waals surface area (Å²) in [7, 11) is 3.19. The molecule has 0 aliphatic carbocycles. The summed E-state index contributed by atoms with van der Waals surface area (Å²) in [5.74, 6) is -3.42. The van der Waals surface area contributed by atoms with Crippen molar-refractivity contribution in [3.05, 3.63) is 86.4 Å². The van der Waals surface area contributed by atoms with E-state index in [1.54, 1.807) is 25.6 Å². The molecule has 4 aromatic rings. The summed E-state index contributed by atoms with van der Waals surface area (Å²) in [6.07, 6.45) is 2.42. The van der Waals surface area contributed by atoms with Gasteiger partial charge in [0.1, 0.15) is 23.6 Å². The molecule has 4 rings (SSSR count). The van der Waals surface area contributed by atoms with E-state index >= 15 is 0 Å². The minimum Gasteiger partial charge on any atom is -0.501 e. The van der Waals surface area contributed by atoms with Gasteiger partial charge in [0, 0.05) is 37.2 Å². The van der Waals surface area contributed by atoms with Gasteiger partial charge in [0.25, 0.3) is 11.5 Å². The summed E-state index contributed by atoms with van der Waals surface area (Å²) in [6.45, 7) is 5.40. The first-order chi connectivity index (χ1) is 17.5. The van der Waals surface area contributed by atoms with Gasteiger partial charge in [-0.1, -0.05) is 12.1 Å². The number of nitrogens with zero attached hydrogens (tertiary/aromatic N) is 6. The Morgan fingerprint density at radius 2 is 2.03 bits per heavy atom. The van der Waals surface area contributed by atoms with Crippen LogP contribution in [-0.4, -0.2) is 35.5 Å². The van der Waals surface area contributed by atoms with Crippen LogP contribution in [0.15, 0.2) is 40.0 Å². The summed E-state index contributed by atoms with van der Waals surface area (Å²) in [5, 5.41) is 30.7. The molecule has 0 saturated heterocycles. The molecule has 0 aliphatic heterocycles. The molecule has 1 aromatic carbocycles. The van der Waals surface area contributed by atoms with E-state index in [0.29, 0.717) is 11.3 Å². The van der Waals surface area contributed by atoms with Crippen molar-refractivity contribution < 1.29 is 18.8 Å². The molecule has 0 spiro atoms. The quantitative estimate of drug-likeness (QED) is 0.406. The zero-order chi connectivity index (χ0) is 27.0. The fraction of sp³-hybridized carbons (Fsp3) is 0.280. The molecule has 3 aromatic heterocycles. The van der Waals surface area contributed by atoms with Gasteiger partial charge in [-0.3, -0.25) is 18.8 Å². The summed E-state index contributed by atoms with van der Waals surface area (Å²) in [5.41, 5.74) is 1.65. The lowest BCUT2D eigenvalue weighted by molar-refractivity contribution is 0.101. The number of benzene rings is 1. The highest BCUT2D eigenvalue weighted by Crippen LogP contribution is 2.42. The van der Waals surface area contributed by atoms with Gasteiger partial charge in [-0.05, 0) is 37.6 Å². The molecule has 37 heavy (non-hydrogen) atoms. The van der Waals surface area contributed by atoms with Gasteiger partial charge in [0.05, 0.1) is 23.5 Å². The van der Waals surface area contributed by atoms with Gasteiger partial charge >= 0.3 is 0 Å². The van der Waals surface area contributed by atoms with Crippen molar-refractivity contribution in [2.75, 3.05) is 5.32 Å². The number of hydrogen-bond acceptors (Lipinski definition) is 8. The average molecular weight is 506 g/mol. The molecule has 0 fully saturated rings. The van der Waals surface area contributed by atoms with Crippen LogP contribution in [0.25, 0.3) is 0 Å².